The first-order valence-electron chi connectivity index (χ1n) is 1.95. The molecule has 0 bridgehead atoms. The molecule has 0 saturated heterocycles. The van der Waals surface area contributed by atoms with Crippen LogP contribution in [0.4, 0.5) is 0 Å². The minimum absolute atomic E-state index is 0.171. The van der Waals surface area contributed by atoms with Crippen molar-refractivity contribution in [1.29, 1.82) is 0 Å². The highest BCUT2D eigenvalue weighted by molar-refractivity contribution is 7.63. The van der Waals surface area contributed by atoms with Crippen LogP contribution < -0.4 is 0 Å². The molecule has 0 spiro atoms. The second-order valence-electron chi connectivity index (χ2n) is 1.20. The second kappa shape index (κ2) is 1.87. The normalized spacial score (nSPS) is 9.00. The van der Waals surface area contributed by atoms with Gasteiger partial charge in [-0.05, 0) is 6.07 Å². The third-order valence-corrected chi connectivity index (χ3v) is 1.29. The molecule has 1 heterocycles. The molecule has 0 aliphatic carbocycles. The summed E-state index contributed by atoms with van der Waals surface area (Å²) < 4.78 is 20.2. The van der Waals surface area contributed by atoms with Crippen molar-refractivity contribution in [3.8, 4) is 0 Å². The van der Waals surface area contributed by atoms with Gasteiger partial charge in [0.05, 0.1) is 0 Å². The van der Waals surface area contributed by atoms with E-state index in [0.29, 0.717) is 0 Å². The third kappa shape index (κ3) is 0.812. The van der Waals surface area contributed by atoms with Gasteiger partial charge in [-0.25, -0.2) is 0 Å². The quantitative estimate of drug-likeness (QED) is 0.478. The largest absolute Gasteiger partial charge is 0.307 e. The standard InChI is InChI=1S/C3H4N2O2S/c6-8(7)3-1-2-4-5-3/h1-2,4-5H. The van der Waals surface area contributed by atoms with Crippen molar-refractivity contribution in [2.75, 3.05) is 0 Å². The van der Waals surface area contributed by atoms with Crippen molar-refractivity contribution in [1.82, 2.24) is 10.2 Å². The lowest BCUT2D eigenvalue weighted by molar-refractivity contribution is 0.624. The lowest BCUT2D eigenvalue weighted by atomic mass is 10.8. The molecule has 0 fully saturated rings. The summed E-state index contributed by atoms with van der Waals surface area (Å²) in [6, 6.07) is 1.43. The van der Waals surface area contributed by atoms with E-state index in [1.807, 2.05) is 0 Å². The van der Waals surface area contributed by atoms with Gasteiger partial charge in [-0.3, -0.25) is 5.10 Å². The maximum atomic E-state index is 10.0. The number of hydrogen-bond donors (Lipinski definition) is 2. The Morgan fingerprint density at radius 1 is 1.50 bits per heavy atom. The molecule has 0 radical (unpaired) electrons. The second-order valence-corrected chi connectivity index (χ2v) is 2.11. The van der Waals surface area contributed by atoms with E-state index in [9.17, 15) is 8.42 Å². The minimum Gasteiger partial charge on any atom is -0.307 e. The zero-order chi connectivity index (χ0) is 5.98. The molecule has 0 saturated carbocycles. The van der Waals surface area contributed by atoms with Crippen LogP contribution in [0.15, 0.2) is 12.3 Å². The van der Waals surface area contributed by atoms with Gasteiger partial charge in [0.25, 0.3) is 0 Å². The summed E-state index contributed by atoms with van der Waals surface area (Å²) >= 11 is 0. The Bertz CT molecular complexity index is 292. The van der Waals surface area contributed by atoms with Gasteiger partial charge in [0.1, 0.15) is 0 Å². The molecular formula is C3H4N2O2S. The summed E-state index contributed by atoms with van der Waals surface area (Å²) in [5, 5.41) is 4.89. The van der Waals surface area contributed by atoms with E-state index in [-0.39, 0.29) is 4.64 Å². The van der Waals surface area contributed by atoms with Crippen molar-refractivity contribution in [3.63, 3.8) is 0 Å². The first kappa shape index (κ1) is 5.17. The fraction of sp³-hybridized carbons (Fsp3) is 0. The summed E-state index contributed by atoms with van der Waals surface area (Å²) in [4.78, 5) is 0. The number of aromatic nitrogens is 2. The van der Waals surface area contributed by atoms with Gasteiger partial charge < -0.3 is 5.10 Å². The molecule has 0 aliphatic rings. The van der Waals surface area contributed by atoms with Gasteiger partial charge in [-0.2, -0.15) is 8.42 Å². The number of nitrogens with one attached hydrogen (secondary N) is 2. The van der Waals surface area contributed by atoms with Crippen LogP contribution >= 0.6 is 0 Å². The van der Waals surface area contributed by atoms with E-state index in [0.717, 1.165) is 0 Å². The maximum Gasteiger partial charge on any atom is 0.239 e. The molecule has 2 N–H and O–H groups in total. The Balaban J connectivity index is 3.78. The van der Waals surface area contributed by atoms with Crippen molar-refractivity contribution in [2.45, 2.75) is 0 Å². The molecule has 1 aromatic heterocycles. The highest BCUT2D eigenvalue weighted by Crippen LogP contribution is 1.73. The van der Waals surface area contributed by atoms with Crippen LogP contribution in [0.1, 0.15) is 0 Å². The van der Waals surface area contributed by atoms with E-state index < -0.39 is 10.3 Å². The van der Waals surface area contributed by atoms with E-state index in [1.165, 1.54) is 12.3 Å². The first-order chi connectivity index (χ1) is 3.80. The highest BCUT2D eigenvalue weighted by Gasteiger charge is 1.75. The van der Waals surface area contributed by atoms with E-state index >= 15 is 0 Å². The maximum absolute atomic E-state index is 10.0. The molecule has 4 nitrogen and oxygen atoms in total. The van der Waals surface area contributed by atoms with Crippen molar-refractivity contribution in [3.05, 3.63) is 16.9 Å². The van der Waals surface area contributed by atoms with E-state index in [1.54, 1.807) is 0 Å². The summed E-state index contributed by atoms with van der Waals surface area (Å²) in [5.74, 6) is 0. The van der Waals surface area contributed by atoms with Gasteiger partial charge in [0, 0.05) is 6.20 Å². The van der Waals surface area contributed by atoms with Crippen LogP contribution in [0, 0.1) is 4.64 Å². The third-order valence-electron chi connectivity index (χ3n) is 0.693. The van der Waals surface area contributed by atoms with Crippen LogP contribution in [0.3, 0.4) is 0 Å². The van der Waals surface area contributed by atoms with Crippen molar-refractivity contribution >= 4 is 10.3 Å². The Labute approximate surface area is 46.7 Å². The van der Waals surface area contributed by atoms with Crippen LogP contribution in [-0.4, -0.2) is 18.6 Å². The van der Waals surface area contributed by atoms with Gasteiger partial charge >= 0.3 is 0 Å². The summed E-state index contributed by atoms with van der Waals surface area (Å²) in [6.07, 6.45) is 1.51. The summed E-state index contributed by atoms with van der Waals surface area (Å²) in [7, 11) is -2.13. The van der Waals surface area contributed by atoms with Gasteiger partial charge in [0.2, 0.25) is 10.3 Å². The predicted octanol–water partition coefficient (Wildman–Crippen LogP) is -0.246. The molecule has 8 heavy (non-hydrogen) atoms. The number of aromatic amines is 2. The average molecular weight is 132 g/mol. The van der Waals surface area contributed by atoms with Crippen LogP contribution in [0.2, 0.25) is 0 Å². The Morgan fingerprint density at radius 2 is 2.25 bits per heavy atom. The lowest BCUT2D eigenvalue weighted by Crippen LogP contribution is -1.66. The molecule has 0 unspecified atom stereocenters. The summed E-state index contributed by atoms with van der Waals surface area (Å²) in [6.45, 7) is 0. The van der Waals surface area contributed by atoms with Gasteiger partial charge in [0.15, 0.2) is 4.64 Å². The minimum atomic E-state index is -2.13. The smallest absolute Gasteiger partial charge is 0.239 e. The van der Waals surface area contributed by atoms with Crippen LogP contribution in [0.5, 0.6) is 0 Å². The molecule has 0 atom stereocenters. The molecule has 1 rings (SSSR count). The van der Waals surface area contributed by atoms with Crippen molar-refractivity contribution < 1.29 is 8.42 Å². The number of hydrogen-bond acceptors (Lipinski definition) is 2. The molecule has 0 aromatic carbocycles. The molecule has 44 valence electrons. The SMILES string of the molecule is O=S(=O)=c1cc[nH][nH]1. The topological polar surface area (TPSA) is 65.7 Å². The van der Waals surface area contributed by atoms with Gasteiger partial charge in [-0.1, -0.05) is 0 Å². The fourth-order valence-electron chi connectivity index (χ4n) is 0.369. The lowest BCUT2D eigenvalue weighted by Gasteiger charge is -1.59. The zero-order valence-corrected chi connectivity index (χ0v) is 4.70. The molecular weight excluding hydrogens is 128 g/mol. The highest BCUT2D eigenvalue weighted by atomic mass is 32.2. The number of rotatable bonds is 0. The fourth-order valence-corrected chi connectivity index (χ4v) is 0.690. The van der Waals surface area contributed by atoms with Crippen molar-refractivity contribution in [2.24, 2.45) is 0 Å². The van der Waals surface area contributed by atoms with Crippen LogP contribution in [0.25, 0.3) is 0 Å². The molecule has 1 aromatic rings. The summed E-state index contributed by atoms with van der Waals surface area (Å²) in [5.41, 5.74) is 0. The Hall–Kier alpha value is -0.970. The Kier molecular flexibility index (Phi) is 1.21. The van der Waals surface area contributed by atoms with Crippen LogP contribution in [-0.2, 0) is 10.3 Å². The molecule has 0 amide bonds. The van der Waals surface area contributed by atoms with E-state index in [2.05, 4.69) is 10.2 Å². The first-order valence-corrected chi connectivity index (χ1v) is 3.02. The Morgan fingerprint density at radius 3 is 2.50 bits per heavy atom. The van der Waals surface area contributed by atoms with Gasteiger partial charge in [-0.15, -0.1) is 0 Å². The average Bonchev–Trinajstić information content (AvgIpc) is 2.12. The molecule has 0 aliphatic heterocycles. The van der Waals surface area contributed by atoms with E-state index in [4.69, 9.17) is 0 Å². The zero-order valence-electron chi connectivity index (χ0n) is 3.88. The predicted molar refractivity (Wildman–Crippen MR) is 27.3 cm³/mol. The monoisotopic (exact) mass is 132 g/mol. The number of H-pyrrole nitrogens is 2. The molecule has 5 heteroatoms.